The van der Waals surface area contributed by atoms with E-state index >= 15 is 0 Å². The number of rotatable bonds is 9. The minimum Gasteiger partial charge on any atom is -0.494 e. The number of hydrogen-bond acceptors (Lipinski definition) is 2. The third-order valence-corrected chi connectivity index (χ3v) is 4.37. The summed E-state index contributed by atoms with van der Waals surface area (Å²) in [6.07, 6.45) is 3.52. The maximum Gasteiger partial charge on any atom is 0.120 e. The Morgan fingerprint density at radius 1 is 1.20 bits per heavy atom. The van der Waals surface area contributed by atoms with Gasteiger partial charge in [-0.1, -0.05) is 42.8 Å². The normalized spacial score (nSPS) is 11.7. The molecular formula is C17H28BrNO. The van der Waals surface area contributed by atoms with Gasteiger partial charge in [-0.15, -0.1) is 0 Å². The molecule has 0 aliphatic rings. The minimum atomic E-state index is 0.375. The van der Waals surface area contributed by atoms with Gasteiger partial charge >= 0.3 is 0 Å². The standard InChI is InChI=1S/C17H28BrNO/c1-5-19-12-11-17(3,4)10-9-14-7-8-15(20-6-2)13-16(14)18/h7-8,13,19H,5-6,9-12H2,1-4H3. The van der Waals surface area contributed by atoms with Gasteiger partial charge in [-0.2, -0.15) is 0 Å². The molecular weight excluding hydrogens is 314 g/mol. The lowest BCUT2D eigenvalue weighted by Crippen LogP contribution is -2.22. The van der Waals surface area contributed by atoms with Crippen LogP contribution in [0.1, 0.15) is 46.1 Å². The first kappa shape index (κ1) is 17.5. The molecule has 0 aromatic heterocycles. The van der Waals surface area contributed by atoms with Gasteiger partial charge in [0.15, 0.2) is 0 Å². The van der Waals surface area contributed by atoms with Crippen molar-refractivity contribution in [2.75, 3.05) is 19.7 Å². The first-order valence-electron chi connectivity index (χ1n) is 7.60. The minimum absolute atomic E-state index is 0.375. The molecule has 1 rings (SSSR count). The van der Waals surface area contributed by atoms with Crippen LogP contribution < -0.4 is 10.1 Å². The monoisotopic (exact) mass is 341 g/mol. The van der Waals surface area contributed by atoms with Gasteiger partial charge in [0.1, 0.15) is 5.75 Å². The summed E-state index contributed by atoms with van der Waals surface area (Å²) in [6.45, 7) is 11.7. The van der Waals surface area contributed by atoms with Crippen LogP contribution in [-0.4, -0.2) is 19.7 Å². The van der Waals surface area contributed by atoms with Crippen LogP contribution in [0.3, 0.4) is 0 Å². The molecule has 0 heterocycles. The van der Waals surface area contributed by atoms with Crippen molar-refractivity contribution in [2.24, 2.45) is 5.41 Å². The van der Waals surface area contributed by atoms with Crippen molar-refractivity contribution < 1.29 is 4.74 Å². The largest absolute Gasteiger partial charge is 0.494 e. The average Bonchev–Trinajstić information content (AvgIpc) is 2.38. The summed E-state index contributed by atoms with van der Waals surface area (Å²) in [4.78, 5) is 0. The van der Waals surface area contributed by atoms with E-state index in [-0.39, 0.29) is 0 Å². The lowest BCUT2D eigenvalue weighted by Gasteiger charge is -2.25. The van der Waals surface area contributed by atoms with E-state index in [1.807, 2.05) is 6.92 Å². The fourth-order valence-corrected chi connectivity index (χ4v) is 2.74. The smallest absolute Gasteiger partial charge is 0.120 e. The Bertz CT molecular complexity index is 404. The van der Waals surface area contributed by atoms with Crippen LogP contribution in [-0.2, 0) is 6.42 Å². The second-order valence-electron chi connectivity index (χ2n) is 5.95. The van der Waals surface area contributed by atoms with Crippen molar-refractivity contribution >= 4 is 15.9 Å². The Kier molecular flexibility index (Phi) is 7.60. The third kappa shape index (κ3) is 6.27. The predicted octanol–water partition coefficient (Wildman–Crippen LogP) is 4.81. The molecule has 0 bridgehead atoms. The molecule has 1 aromatic carbocycles. The molecule has 0 radical (unpaired) electrons. The molecule has 0 aliphatic heterocycles. The van der Waals surface area contributed by atoms with Gasteiger partial charge in [0.25, 0.3) is 0 Å². The first-order chi connectivity index (χ1) is 9.48. The Hall–Kier alpha value is -0.540. The quantitative estimate of drug-likeness (QED) is 0.651. The van der Waals surface area contributed by atoms with E-state index in [0.29, 0.717) is 12.0 Å². The van der Waals surface area contributed by atoms with Crippen LogP contribution in [0.5, 0.6) is 5.75 Å². The average molecular weight is 342 g/mol. The fraction of sp³-hybridized carbons (Fsp3) is 0.647. The van der Waals surface area contributed by atoms with Crippen molar-refractivity contribution in [3.8, 4) is 5.75 Å². The number of aryl methyl sites for hydroxylation is 1. The molecule has 0 unspecified atom stereocenters. The highest BCUT2D eigenvalue weighted by atomic mass is 79.9. The van der Waals surface area contributed by atoms with Gasteiger partial charge in [-0.3, -0.25) is 0 Å². The Morgan fingerprint density at radius 2 is 1.95 bits per heavy atom. The second kappa shape index (κ2) is 8.68. The zero-order valence-corrected chi connectivity index (χ0v) is 14.8. The topological polar surface area (TPSA) is 21.3 Å². The Morgan fingerprint density at radius 3 is 2.55 bits per heavy atom. The number of ether oxygens (including phenoxy) is 1. The maximum atomic E-state index is 5.51. The maximum absolute atomic E-state index is 5.51. The number of benzene rings is 1. The molecule has 1 aromatic rings. The first-order valence-corrected chi connectivity index (χ1v) is 8.39. The summed E-state index contributed by atoms with van der Waals surface area (Å²) in [7, 11) is 0. The van der Waals surface area contributed by atoms with E-state index in [1.165, 1.54) is 18.4 Å². The molecule has 0 aliphatic carbocycles. The molecule has 3 heteroatoms. The van der Waals surface area contributed by atoms with E-state index < -0.39 is 0 Å². The van der Waals surface area contributed by atoms with E-state index in [0.717, 1.165) is 29.7 Å². The second-order valence-corrected chi connectivity index (χ2v) is 6.81. The molecule has 0 amide bonds. The molecule has 0 saturated carbocycles. The SMILES string of the molecule is CCNCCC(C)(C)CCc1ccc(OCC)cc1Br. The Labute approximate surface area is 132 Å². The van der Waals surface area contributed by atoms with Gasteiger partial charge < -0.3 is 10.1 Å². The number of halogens is 1. The summed E-state index contributed by atoms with van der Waals surface area (Å²) < 4.78 is 6.67. The zero-order valence-electron chi connectivity index (χ0n) is 13.3. The summed E-state index contributed by atoms with van der Waals surface area (Å²) in [5, 5.41) is 3.41. The molecule has 0 fully saturated rings. The van der Waals surface area contributed by atoms with Crippen molar-refractivity contribution in [2.45, 2.75) is 47.0 Å². The van der Waals surface area contributed by atoms with Crippen molar-refractivity contribution in [3.63, 3.8) is 0 Å². The highest BCUT2D eigenvalue weighted by Gasteiger charge is 2.17. The lowest BCUT2D eigenvalue weighted by molar-refractivity contribution is 0.303. The summed E-state index contributed by atoms with van der Waals surface area (Å²) in [5.74, 6) is 0.939. The molecule has 0 saturated heterocycles. The van der Waals surface area contributed by atoms with Gasteiger partial charge in [0, 0.05) is 4.47 Å². The highest BCUT2D eigenvalue weighted by Crippen LogP contribution is 2.30. The summed E-state index contributed by atoms with van der Waals surface area (Å²) in [6, 6.07) is 6.31. The van der Waals surface area contributed by atoms with Crippen LogP contribution in [0.2, 0.25) is 0 Å². The van der Waals surface area contributed by atoms with Crippen molar-refractivity contribution in [1.29, 1.82) is 0 Å². The third-order valence-electron chi connectivity index (χ3n) is 3.64. The summed E-state index contributed by atoms with van der Waals surface area (Å²) >= 11 is 3.66. The molecule has 1 N–H and O–H groups in total. The van der Waals surface area contributed by atoms with Gasteiger partial charge in [0.05, 0.1) is 6.61 Å². The van der Waals surface area contributed by atoms with E-state index in [9.17, 15) is 0 Å². The van der Waals surface area contributed by atoms with E-state index in [4.69, 9.17) is 4.74 Å². The molecule has 20 heavy (non-hydrogen) atoms. The van der Waals surface area contributed by atoms with Crippen LogP contribution in [0.15, 0.2) is 22.7 Å². The van der Waals surface area contributed by atoms with Crippen LogP contribution in [0.4, 0.5) is 0 Å². The van der Waals surface area contributed by atoms with Crippen molar-refractivity contribution in [3.05, 3.63) is 28.2 Å². The lowest BCUT2D eigenvalue weighted by atomic mass is 9.83. The van der Waals surface area contributed by atoms with Crippen molar-refractivity contribution in [1.82, 2.24) is 5.32 Å². The predicted molar refractivity (Wildman–Crippen MR) is 90.6 cm³/mol. The molecule has 0 spiro atoms. The van der Waals surface area contributed by atoms with Gasteiger partial charge in [-0.25, -0.2) is 0 Å². The van der Waals surface area contributed by atoms with Gasteiger partial charge in [-0.05, 0) is 62.4 Å². The molecule has 0 atom stereocenters. The molecule has 114 valence electrons. The van der Waals surface area contributed by atoms with E-state index in [1.54, 1.807) is 0 Å². The van der Waals surface area contributed by atoms with Crippen LogP contribution >= 0.6 is 15.9 Å². The van der Waals surface area contributed by atoms with Gasteiger partial charge in [0.2, 0.25) is 0 Å². The van der Waals surface area contributed by atoms with Crippen LogP contribution in [0.25, 0.3) is 0 Å². The zero-order chi connectivity index (χ0) is 15.0. The van der Waals surface area contributed by atoms with E-state index in [2.05, 4.69) is 60.2 Å². The molecule has 2 nitrogen and oxygen atoms in total. The fourth-order valence-electron chi connectivity index (χ4n) is 2.19. The number of hydrogen-bond donors (Lipinski definition) is 1. The summed E-state index contributed by atoms with van der Waals surface area (Å²) in [5.41, 5.74) is 1.74. The highest BCUT2D eigenvalue weighted by molar-refractivity contribution is 9.10. The number of nitrogens with one attached hydrogen (secondary N) is 1. The van der Waals surface area contributed by atoms with Crippen LogP contribution in [0, 0.1) is 5.41 Å². The Balaban J connectivity index is 2.52.